The van der Waals surface area contributed by atoms with Crippen molar-refractivity contribution < 1.29 is 53.4 Å². The average molecular weight is 719 g/mol. The number of allylic oxidation sites excluding steroid dienone is 4. The standard InChI is InChI=1S/C20H38N2O3.C19H36N2O3.Li.H2O/c1-3-21-20(24)22-18-16-14-12-10-8-6-4-5-7-9-11-13-15-17-19(23)25-2;1-2-20-19(24)21-17-15-13-11-9-7-5-3-4-6-8-10-12-14-16-18(22)23;;/h8,10H,3-7,9,11-18H2,1-2H3,(H2,21,22,24);7,9H,2-6,8,10-17H2,1H3,(H,22,23)(H2,20,21,24);;1H2/q;;+1;/p-1/b10-8-;9-7-;;. The number of unbranched alkanes of at least 4 members (excludes halogenated alkanes) is 18. The first kappa shape index (κ1) is 55.3. The Morgan fingerprint density at radius 1 is 0.490 bits per heavy atom. The monoisotopic (exact) mass is 719 g/mol. The molecule has 6 N–H and O–H groups in total. The molecule has 0 aromatic carbocycles. The van der Waals surface area contributed by atoms with Crippen molar-refractivity contribution >= 4 is 24.0 Å². The summed E-state index contributed by atoms with van der Waals surface area (Å²) in [6.07, 6.45) is 35.1. The number of carboxylic acids is 1. The molecule has 0 aliphatic heterocycles. The van der Waals surface area contributed by atoms with E-state index < -0.39 is 5.97 Å². The Labute approximate surface area is 323 Å². The van der Waals surface area contributed by atoms with Gasteiger partial charge in [0.15, 0.2) is 0 Å². The zero-order valence-electron chi connectivity index (χ0n) is 33.0. The number of hydrogen-bond donors (Lipinski definition) is 5. The Morgan fingerprint density at radius 3 is 1.14 bits per heavy atom. The van der Waals surface area contributed by atoms with Gasteiger partial charge in [0.1, 0.15) is 0 Å². The van der Waals surface area contributed by atoms with Crippen LogP contribution in [-0.2, 0) is 14.3 Å². The van der Waals surface area contributed by atoms with Crippen LogP contribution in [0.1, 0.15) is 168 Å². The van der Waals surface area contributed by atoms with E-state index in [2.05, 4.69) is 50.3 Å². The molecule has 0 saturated carbocycles. The molecule has 0 fully saturated rings. The van der Waals surface area contributed by atoms with Crippen molar-refractivity contribution in [3.63, 3.8) is 0 Å². The smallest absolute Gasteiger partial charge is 0.870 e. The molecule has 0 aromatic heterocycles. The minimum Gasteiger partial charge on any atom is -0.870 e. The fourth-order valence-corrected chi connectivity index (χ4v) is 5.04. The van der Waals surface area contributed by atoms with Crippen molar-refractivity contribution in [1.82, 2.24) is 21.3 Å². The van der Waals surface area contributed by atoms with Crippen LogP contribution in [-0.4, -0.2) is 67.9 Å². The third-order valence-corrected chi connectivity index (χ3v) is 7.92. The van der Waals surface area contributed by atoms with Crippen LogP contribution in [0, 0.1) is 0 Å². The number of amides is 4. The van der Waals surface area contributed by atoms with Crippen LogP contribution < -0.4 is 40.1 Å². The average Bonchev–Trinajstić information content (AvgIpc) is 3.08. The predicted octanol–water partition coefficient (Wildman–Crippen LogP) is 6.17. The van der Waals surface area contributed by atoms with Crippen molar-refractivity contribution in [3.05, 3.63) is 24.3 Å². The zero-order chi connectivity index (χ0) is 36.5. The van der Waals surface area contributed by atoms with Crippen LogP contribution in [0.15, 0.2) is 24.3 Å². The van der Waals surface area contributed by atoms with Gasteiger partial charge in [0, 0.05) is 39.0 Å². The van der Waals surface area contributed by atoms with E-state index in [1.54, 1.807) is 0 Å². The first-order chi connectivity index (χ1) is 23.9. The maximum atomic E-state index is 11.2. The second kappa shape index (κ2) is 47.5. The molecule has 0 aliphatic carbocycles. The van der Waals surface area contributed by atoms with Crippen molar-refractivity contribution in [3.8, 4) is 0 Å². The molecule has 0 aromatic rings. The van der Waals surface area contributed by atoms with E-state index in [-0.39, 0.29) is 42.4 Å². The molecular weight excluding hydrogens is 643 g/mol. The summed E-state index contributed by atoms with van der Waals surface area (Å²) in [5, 5.41) is 19.6. The molecule has 0 spiro atoms. The molecule has 0 saturated heterocycles. The Kier molecular flexibility index (Phi) is 51.5. The van der Waals surface area contributed by atoms with E-state index in [1.807, 2.05) is 13.8 Å². The molecule has 4 amide bonds. The van der Waals surface area contributed by atoms with Crippen LogP contribution in [0.2, 0.25) is 0 Å². The molecule has 51 heavy (non-hydrogen) atoms. The third kappa shape index (κ3) is 52.0. The molecule has 0 unspecified atom stereocenters. The number of urea groups is 2. The van der Waals surface area contributed by atoms with E-state index in [0.29, 0.717) is 25.9 Å². The summed E-state index contributed by atoms with van der Waals surface area (Å²) >= 11 is 0. The summed E-state index contributed by atoms with van der Waals surface area (Å²) in [5.41, 5.74) is 0. The van der Waals surface area contributed by atoms with E-state index in [9.17, 15) is 19.2 Å². The van der Waals surface area contributed by atoms with Gasteiger partial charge in [-0.1, -0.05) is 88.5 Å². The molecule has 0 radical (unpaired) electrons. The minimum absolute atomic E-state index is 0. The number of carbonyl (C=O) groups is 4. The van der Waals surface area contributed by atoms with Crippen LogP contribution in [0.5, 0.6) is 0 Å². The Balaban J connectivity index is -0.000000417. The molecule has 0 aliphatic rings. The topological polar surface area (TPSA) is 176 Å². The number of hydrogen-bond acceptors (Lipinski definition) is 6. The molecule has 0 rings (SSSR count). The number of aliphatic carboxylic acids is 1. The number of ether oxygens (including phenoxy) is 1. The number of esters is 1. The summed E-state index contributed by atoms with van der Waals surface area (Å²) in [5.74, 6) is -0.773. The van der Waals surface area contributed by atoms with Crippen LogP contribution in [0.4, 0.5) is 9.59 Å². The van der Waals surface area contributed by atoms with Gasteiger partial charge in [-0.15, -0.1) is 0 Å². The molecule has 11 nitrogen and oxygen atoms in total. The fourth-order valence-electron chi connectivity index (χ4n) is 5.04. The quantitative estimate of drug-likeness (QED) is 0.0239. The van der Waals surface area contributed by atoms with Gasteiger partial charge in [-0.05, 0) is 90.9 Å². The van der Waals surface area contributed by atoms with Gasteiger partial charge < -0.3 is 36.6 Å². The summed E-state index contributed by atoms with van der Waals surface area (Å²) in [7, 11) is 1.45. The zero-order valence-corrected chi connectivity index (χ0v) is 33.0. The van der Waals surface area contributed by atoms with Crippen molar-refractivity contribution in [2.24, 2.45) is 0 Å². The molecule has 12 heteroatoms. The van der Waals surface area contributed by atoms with Gasteiger partial charge in [0.25, 0.3) is 0 Å². The summed E-state index contributed by atoms with van der Waals surface area (Å²) in [4.78, 5) is 43.6. The minimum atomic E-state index is -0.681. The number of carbonyl (C=O) groups excluding carboxylic acids is 3. The Hall–Kier alpha value is -2.48. The van der Waals surface area contributed by atoms with Crippen molar-refractivity contribution in [1.29, 1.82) is 0 Å². The van der Waals surface area contributed by atoms with Crippen molar-refractivity contribution in [2.45, 2.75) is 168 Å². The van der Waals surface area contributed by atoms with Crippen LogP contribution in [0.3, 0.4) is 0 Å². The normalized spacial score (nSPS) is 10.4. The second-order valence-electron chi connectivity index (χ2n) is 12.5. The molecule has 0 atom stereocenters. The first-order valence-corrected chi connectivity index (χ1v) is 19.5. The largest absolute Gasteiger partial charge is 1.00 e. The molecular formula is C39H75LiN4O7. The van der Waals surface area contributed by atoms with Gasteiger partial charge >= 0.3 is 42.9 Å². The summed E-state index contributed by atoms with van der Waals surface area (Å²) in [6.45, 7) is 6.65. The third-order valence-electron chi connectivity index (χ3n) is 7.92. The SMILES string of the molecule is CCNC(=O)NCCCC/C=C\CCCCCCCCCC(=O)O.CCNC(=O)NCCCC/C=C\CCCCCCCCCC(=O)OC.[Li+].[OH-]. The van der Waals surface area contributed by atoms with E-state index in [1.165, 1.54) is 71.3 Å². The van der Waals surface area contributed by atoms with Gasteiger partial charge in [-0.2, -0.15) is 0 Å². The van der Waals surface area contributed by atoms with Gasteiger partial charge in [0.2, 0.25) is 0 Å². The van der Waals surface area contributed by atoms with Crippen molar-refractivity contribution in [2.75, 3.05) is 33.3 Å². The maximum Gasteiger partial charge on any atom is 1.00 e. The molecule has 0 bridgehead atoms. The maximum absolute atomic E-state index is 11.2. The Bertz CT molecular complexity index is 844. The van der Waals surface area contributed by atoms with Crippen LogP contribution in [0.25, 0.3) is 0 Å². The van der Waals surface area contributed by atoms with E-state index in [0.717, 1.165) is 90.1 Å². The van der Waals surface area contributed by atoms with Gasteiger partial charge in [-0.25, -0.2) is 9.59 Å². The van der Waals surface area contributed by atoms with Gasteiger partial charge in [0.05, 0.1) is 7.11 Å². The van der Waals surface area contributed by atoms with E-state index in [4.69, 9.17) is 5.11 Å². The number of methoxy groups -OCH3 is 1. The Morgan fingerprint density at radius 2 is 0.804 bits per heavy atom. The van der Waals surface area contributed by atoms with Gasteiger partial charge in [-0.3, -0.25) is 9.59 Å². The predicted molar refractivity (Wildman–Crippen MR) is 205 cm³/mol. The number of nitrogens with one attached hydrogen (secondary N) is 4. The first-order valence-electron chi connectivity index (χ1n) is 19.5. The molecule has 294 valence electrons. The number of rotatable bonds is 32. The number of carboxylic acid groups (broad SMARTS) is 1. The van der Waals surface area contributed by atoms with E-state index >= 15 is 0 Å². The van der Waals surface area contributed by atoms with Crippen LogP contribution >= 0.6 is 0 Å². The summed E-state index contributed by atoms with van der Waals surface area (Å²) < 4.78 is 4.62. The second-order valence-corrected chi connectivity index (χ2v) is 12.5. The summed E-state index contributed by atoms with van der Waals surface area (Å²) in [6, 6.07) is -0.142. The fraction of sp³-hybridized carbons (Fsp3) is 0.795. The molecule has 0 heterocycles.